The van der Waals surface area contributed by atoms with Crippen molar-refractivity contribution in [2.75, 3.05) is 4.90 Å². The Morgan fingerprint density at radius 1 is 0.976 bits per heavy atom. The van der Waals surface area contributed by atoms with Crippen molar-refractivity contribution in [3.05, 3.63) is 70.2 Å². The molecule has 220 valence electrons. The molecule has 0 radical (unpaired) electrons. The van der Waals surface area contributed by atoms with E-state index in [-0.39, 0.29) is 53.4 Å². The summed E-state index contributed by atoms with van der Waals surface area (Å²) >= 11 is 0. The number of hydrogen-bond donors (Lipinski definition) is 1. The first kappa shape index (κ1) is 26.7. The number of benzene rings is 2. The van der Waals surface area contributed by atoms with Crippen molar-refractivity contribution >= 4 is 5.69 Å². The Kier molecular flexibility index (Phi) is 6.56. The lowest BCUT2D eigenvalue weighted by atomic mass is 9.98. The fourth-order valence-electron chi connectivity index (χ4n) is 6.30. The molecule has 4 aromatic rings. The summed E-state index contributed by atoms with van der Waals surface area (Å²) in [6.07, 6.45) is 0.186. The van der Waals surface area contributed by atoms with E-state index in [9.17, 15) is 22.4 Å². The number of aromatic amines is 1. The molecule has 3 atom stereocenters. The molecule has 0 amide bonds. The normalized spacial score (nSPS) is 22.1. The minimum absolute atomic E-state index is 0.0328. The predicted molar refractivity (Wildman–Crippen MR) is 140 cm³/mol. The van der Waals surface area contributed by atoms with Crippen LogP contribution in [-0.2, 0) is 11.3 Å². The maximum Gasteiger partial charge on any atom is 0.573 e. The van der Waals surface area contributed by atoms with Gasteiger partial charge in [-0.15, -0.1) is 13.2 Å². The highest BCUT2D eigenvalue weighted by atomic mass is 19.4. The molecule has 2 aromatic heterocycles. The van der Waals surface area contributed by atoms with E-state index in [1.807, 2.05) is 6.07 Å². The highest BCUT2D eigenvalue weighted by Crippen LogP contribution is 2.46. The number of H-pyrrole nitrogens is 1. The number of nitrogens with zero attached hydrogens (tertiary/aromatic N) is 3. The van der Waals surface area contributed by atoms with Crippen molar-refractivity contribution in [2.45, 2.75) is 75.6 Å². The Morgan fingerprint density at radius 2 is 1.74 bits per heavy atom. The average Bonchev–Trinajstić information content (AvgIpc) is 3.47. The van der Waals surface area contributed by atoms with Crippen molar-refractivity contribution in [3.8, 4) is 28.4 Å². The fourth-order valence-corrected chi connectivity index (χ4v) is 6.30. The lowest BCUT2D eigenvalue weighted by Crippen LogP contribution is -2.45. The second-order valence-corrected chi connectivity index (χ2v) is 11.0. The fraction of sp³-hybridized carbons (Fsp3) is 0.414. The van der Waals surface area contributed by atoms with Crippen LogP contribution in [0.5, 0.6) is 5.75 Å². The van der Waals surface area contributed by atoms with E-state index in [0.717, 1.165) is 31.4 Å². The van der Waals surface area contributed by atoms with Gasteiger partial charge in [-0.3, -0.25) is 9.51 Å². The molecule has 9 nitrogen and oxygen atoms in total. The first-order valence-corrected chi connectivity index (χ1v) is 13.8. The van der Waals surface area contributed by atoms with Gasteiger partial charge in [0.05, 0.1) is 18.3 Å². The Bertz CT molecular complexity index is 1650. The summed E-state index contributed by atoms with van der Waals surface area (Å²) in [6.45, 7) is 0.147. The van der Waals surface area contributed by atoms with E-state index in [0.29, 0.717) is 29.9 Å². The molecule has 2 bridgehead atoms. The molecule has 1 saturated carbocycles. The van der Waals surface area contributed by atoms with Crippen LogP contribution >= 0.6 is 0 Å². The molecule has 2 saturated heterocycles. The van der Waals surface area contributed by atoms with Gasteiger partial charge in [0.1, 0.15) is 23.0 Å². The van der Waals surface area contributed by atoms with Gasteiger partial charge in [-0.1, -0.05) is 22.4 Å². The summed E-state index contributed by atoms with van der Waals surface area (Å²) in [5, 5.41) is 7.73. The molecule has 4 heterocycles. The van der Waals surface area contributed by atoms with Crippen LogP contribution in [0.4, 0.5) is 23.2 Å². The number of anilines is 1. The molecule has 1 aliphatic carbocycles. The maximum atomic E-state index is 15.0. The molecule has 1 N–H and O–H groups in total. The van der Waals surface area contributed by atoms with Gasteiger partial charge in [0.25, 0.3) is 0 Å². The molecule has 2 aliphatic heterocycles. The number of aromatic nitrogens is 3. The predicted octanol–water partition coefficient (Wildman–Crippen LogP) is 6.32. The monoisotopic (exact) mass is 586 g/mol. The summed E-state index contributed by atoms with van der Waals surface area (Å²) in [5.41, 5.74) is 2.02. The van der Waals surface area contributed by atoms with Gasteiger partial charge in [0.2, 0.25) is 0 Å². The van der Waals surface area contributed by atoms with Crippen LogP contribution in [0.15, 0.2) is 56.3 Å². The van der Waals surface area contributed by atoms with Gasteiger partial charge >= 0.3 is 12.1 Å². The van der Waals surface area contributed by atoms with E-state index in [2.05, 4.69) is 29.5 Å². The lowest BCUT2D eigenvalue weighted by molar-refractivity contribution is -0.274. The highest BCUT2D eigenvalue weighted by Gasteiger charge is 2.42. The van der Waals surface area contributed by atoms with Crippen LogP contribution in [0, 0.1) is 5.82 Å². The van der Waals surface area contributed by atoms with Crippen LogP contribution in [0.3, 0.4) is 0 Å². The van der Waals surface area contributed by atoms with Crippen molar-refractivity contribution in [1.82, 2.24) is 15.3 Å². The van der Waals surface area contributed by atoms with Gasteiger partial charge in [0, 0.05) is 34.8 Å². The van der Waals surface area contributed by atoms with Gasteiger partial charge < -0.3 is 18.9 Å². The van der Waals surface area contributed by atoms with E-state index in [1.54, 1.807) is 12.1 Å². The molecule has 7 rings (SSSR count). The quantitative estimate of drug-likeness (QED) is 0.239. The van der Waals surface area contributed by atoms with E-state index in [1.165, 1.54) is 24.3 Å². The van der Waals surface area contributed by atoms with E-state index >= 15 is 0 Å². The minimum atomic E-state index is -4.85. The molecule has 42 heavy (non-hydrogen) atoms. The van der Waals surface area contributed by atoms with Crippen LogP contribution in [0.2, 0.25) is 0 Å². The average molecular weight is 587 g/mol. The zero-order valence-corrected chi connectivity index (χ0v) is 22.2. The molecule has 13 heteroatoms. The first-order valence-electron chi connectivity index (χ1n) is 13.8. The van der Waals surface area contributed by atoms with Gasteiger partial charge in [-0.2, -0.15) is 0 Å². The number of ether oxygens (including phenoxy) is 2. The van der Waals surface area contributed by atoms with Gasteiger partial charge in [-0.25, -0.2) is 9.18 Å². The number of nitrogens with one attached hydrogen (secondary N) is 1. The Hall–Kier alpha value is -4.13. The number of halogens is 4. The van der Waals surface area contributed by atoms with E-state index in [4.69, 9.17) is 9.26 Å². The third-order valence-corrected chi connectivity index (χ3v) is 8.23. The van der Waals surface area contributed by atoms with Crippen molar-refractivity contribution in [2.24, 2.45) is 0 Å². The lowest BCUT2D eigenvalue weighted by Gasteiger charge is -2.40. The van der Waals surface area contributed by atoms with Crippen LogP contribution < -0.4 is 15.4 Å². The molecule has 0 unspecified atom stereocenters. The summed E-state index contributed by atoms with van der Waals surface area (Å²) in [4.78, 5) is 15.9. The standard InChI is InChI=1S/C29H26F4N4O5/c30-23-13-18(9-10-20(23)27-34-28(38)42-36-27)37-16-7-8-17(37)12-19(11-16)39-14-22-25(35-41-26(22)15-5-6-15)21-3-1-2-4-24(21)40-29(31,32)33/h1-4,9-10,13,15-17,19H,5-8,11-12,14H2,(H,34,36,38)/t16-,17+,19+. The number of hydrogen-bond acceptors (Lipinski definition) is 8. The molecule has 3 fully saturated rings. The number of piperidine rings is 1. The summed E-state index contributed by atoms with van der Waals surface area (Å²) in [7, 11) is 0. The highest BCUT2D eigenvalue weighted by molar-refractivity contribution is 5.70. The zero-order chi connectivity index (χ0) is 29.0. The van der Waals surface area contributed by atoms with Crippen LogP contribution in [0.25, 0.3) is 22.6 Å². The Labute approximate surface area is 236 Å². The molecule has 0 spiro atoms. The molecule has 2 aromatic carbocycles. The largest absolute Gasteiger partial charge is 0.573 e. The van der Waals surface area contributed by atoms with Crippen LogP contribution in [-0.4, -0.2) is 39.8 Å². The number of para-hydroxylation sites is 1. The smallest absolute Gasteiger partial charge is 0.405 e. The van der Waals surface area contributed by atoms with Crippen LogP contribution in [0.1, 0.15) is 55.8 Å². The second kappa shape index (κ2) is 10.3. The molecule has 3 aliphatic rings. The second-order valence-electron chi connectivity index (χ2n) is 11.0. The Morgan fingerprint density at radius 3 is 2.40 bits per heavy atom. The number of alkyl halides is 3. The first-order chi connectivity index (χ1) is 20.2. The van der Waals surface area contributed by atoms with Gasteiger partial charge in [0.15, 0.2) is 5.82 Å². The summed E-state index contributed by atoms with van der Waals surface area (Å²) in [5.74, 6) is -0.762. The van der Waals surface area contributed by atoms with Crippen molar-refractivity contribution in [3.63, 3.8) is 0 Å². The topological polar surface area (TPSA) is 107 Å². The van der Waals surface area contributed by atoms with Crippen molar-refractivity contribution in [1.29, 1.82) is 0 Å². The van der Waals surface area contributed by atoms with Crippen molar-refractivity contribution < 1.29 is 36.1 Å². The minimum Gasteiger partial charge on any atom is -0.405 e. The third kappa shape index (κ3) is 5.17. The zero-order valence-electron chi connectivity index (χ0n) is 22.2. The summed E-state index contributed by atoms with van der Waals surface area (Å²) < 4.78 is 75.1. The third-order valence-electron chi connectivity index (χ3n) is 8.23. The number of fused-ring (bicyclic) bond motifs is 2. The molecular weight excluding hydrogens is 560 g/mol. The SMILES string of the molecule is O=c1[nH]c(-c2ccc(N3[C@@H]4CC[C@H]3C[C@@H](OCc3c(-c5ccccc5OC(F)(F)F)noc3C3CC3)C4)cc2F)no1. The summed E-state index contributed by atoms with van der Waals surface area (Å²) in [6, 6.07) is 11.0. The van der Waals surface area contributed by atoms with Gasteiger partial charge in [-0.05, 0) is 68.9 Å². The van der Waals surface area contributed by atoms with E-state index < -0.39 is 17.9 Å². The Balaban J connectivity index is 1.08. The number of rotatable bonds is 8. The molecular formula is C29H26F4N4O5. The maximum absolute atomic E-state index is 15.0.